The molecule has 1 aliphatic heterocycles. The van der Waals surface area contributed by atoms with Gasteiger partial charge in [0.2, 0.25) is 11.8 Å². The minimum atomic E-state index is -0.476. The van der Waals surface area contributed by atoms with Crippen LogP contribution in [0.1, 0.15) is 25.3 Å². The molecule has 1 heterocycles. The van der Waals surface area contributed by atoms with Crippen molar-refractivity contribution in [2.75, 3.05) is 5.73 Å². The monoisotopic (exact) mass is 276 g/mol. The van der Waals surface area contributed by atoms with Gasteiger partial charge in [0.15, 0.2) is 0 Å². The summed E-state index contributed by atoms with van der Waals surface area (Å²) in [6, 6.07) is 4.38. The van der Waals surface area contributed by atoms with E-state index in [1.807, 2.05) is 0 Å². The molecule has 2 fully saturated rings. The molecule has 1 saturated heterocycles. The molecule has 1 aromatic rings. The molecule has 1 aliphatic carbocycles. The van der Waals surface area contributed by atoms with Crippen LogP contribution in [-0.4, -0.2) is 16.7 Å². The number of rotatable bonds is 2. The van der Waals surface area contributed by atoms with Crippen molar-refractivity contribution in [3.8, 4) is 0 Å². The van der Waals surface area contributed by atoms with E-state index >= 15 is 0 Å². The Balaban J connectivity index is 1.86. The summed E-state index contributed by atoms with van der Waals surface area (Å²) in [6.45, 7) is 2.00. The number of likely N-dealkylation sites (tertiary alicyclic amines) is 1. The minimum absolute atomic E-state index is 0.0580. The highest BCUT2D eigenvalue weighted by molar-refractivity contribution is 6.05. The predicted molar refractivity (Wildman–Crippen MR) is 71.7 cm³/mol. The average molecular weight is 276 g/mol. The molecule has 2 atom stereocenters. The van der Waals surface area contributed by atoms with Crippen LogP contribution in [0.4, 0.5) is 10.1 Å². The number of anilines is 1. The smallest absolute Gasteiger partial charge is 0.233 e. The first-order valence-corrected chi connectivity index (χ1v) is 6.87. The summed E-state index contributed by atoms with van der Waals surface area (Å²) in [5, 5.41) is 0. The van der Waals surface area contributed by atoms with Crippen molar-refractivity contribution >= 4 is 17.5 Å². The molecule has 20 heavy (non-hydrogen) atoms. The highest BCUT2D eigenvalue weighted by Gasteiger charge is 2.51. The molecule has 1 aromatic carbocycles. The number of amides is 2. The fraction of sp³-hybridized carbons (Fsp3) is 0.467. The van der Waals surface area contributed by atoms with E-state index < -0.39 is 5.82 Å². The van der Waals surface area contributed by atoms with Gasteiger partial charge in [-0.3, -0.25) is 14.5 Å². The van der Waals surface area contributed by atoms with Crippen molar-refractivity contribution < 1.29 is 14.0 Å². The second-order valence-electron chi connectivity index (χ2n) is 5.86. The number of fused-ring (bicyclic) bond motifs is 1. The quantitative estimate of drug-likeness (QED) is 0.663. The topological polar surface area (TPSA) is 63.4 Å². The molecule has 0 aromatic heterocycles. The Labute approximate surface area is 116 Å². The molecule has 106 valence electrons. The summed E-state index contributed by atoms with van der Waals surface area (Å²) < 4.78 is 13.8. The standard InChI is InChI=1S/C15H17FN2O2/c1-8-5-9-10(6-8)15(20)18(14(9)19)7-11-12(16)3-2-4-13(11)17/h2-4,8-10H,5-7,17H2,1H3. The van der Waals surface area contributed by atoms with Crippen LogP contribution in [-0.2, 0) is 16.1 Å². The van der Waals surface area contributed by atoms with Crippen molar-refractivity contribution in [1.29, 1.82) is 0 Å². The van der Waals surface area contributed by atoms with Crippen LogP contribution in [0.3, 0.4) is 0 Å². The van der Waals surface area contributed by atoms with Gasteiger partial charge >= 0.3 is 0 Å². The first kappa shape index (κ1) is 13.1. The maximum absolute atomic E-state index is 13.8. The highest BCUT2D eigenvalue weighted by atomic mass is 19.1. The summed E-state index contributed by atoms with van der Waals surface area (Å²) in [5.74, 6) is -0.857. The number of hydrogen-bond acceptors (Lipinski definition) is 3. The molecular weight excluding hydrogens is 259 g/mol. The molecule has 2 amide bonds. The molecule has 2 unspecified atom stereocenters. The van der Waals surface area contributed by atoms with Gasteiger partial charge in [-0.25, -0.2) is 4.39 Å². The lowest BCUT2D eigenvalue weighted by atomic mass is 10.00. The molecule has 2 N–H and O–H groups in total. The van der Waals surface area contributed by atoms with Gasteiger partial charge in [0, 0.05) is 11.3 Å². The molecular formula is C15H17FN2O2. The normalized spacial score (nSPS) is 29.1. The number of imide groups is 1. The van der Waals surface area contributed by atoms with Crippen molar-refractivity contribution in [3.05, 3.63) is 29.6 Å². The Hall–Kier alpha value is -1.91. The number of halogens is 1. The van der Waals surface area contributed by atoms with Crippen LogP contribution in [0.15, 0.2) is 18.2 Å². The van der Waals surface area contributed by atoms with Crippen molar-refractivity contribution in [1.82, 2.24) is 4.90 Å². The maximum atomic E-state index is 13.8. The number of nitrogens with two attached hydrogens (primary N) is 1. The Morgan fingerprint density at radius 3 is 2.40 bits per heavy atom. The largest absolute Gasteiger partial charge is 0.398 e. The van der Waals surface area contributed by atoms with E-state index in [0.29, 0.717) is 5.92 Å². The Morgan fingerprint density at radius 1 is 1.25 bits per heavy atom. The summed E-state index contributed by atoms with van der Waals surface area (Å²) in [6.07, 6.45) is 1.50. The second-order valence-corrected chi connectivity index (χ2v) is 5.86. The molecule has 3 rings (SSSR count). The molecule has 2 aliphatic rings. The second kappa shape index (κ2) is 4.58. The van der Waals surface area contributed by atoms with Crippen LogP contribution in [0.25, 0.3) is 0 Å². The number of nitrogens with zero attached hydrogens (tertiary/aromatic N) is 1. The molecule has 1 saturated carbocycles. The van der Waals surface area contributed by atoms with E-state index in [4.69, 9.17) is 5.73 Å². The van der Waals surface area contributed by atoms with Gasteiger partial charge in [0.25, 0.3) is 0 Å². The molecule has 4 nitrogen and oxygen atoms in total. The maximum Gasteiger partial charge on any atom is 0.233 e. The Bertz CT molecular complexity index is 543. The van der Waals surface area contributed by atoms with Crippen LogP contribution in [0.5, 0.6) is 0 Å². The van der Waals surface area contributed by atoms with E-state index in [-0.39, 0.29) is 41.4 Å². The van der Waals surface area contributed by atoms with Gasteiger partial charge in [0.1, 0.15) is 5.82 Å². The summed E-state index contributed by atoms with van der Waals surface area (Å²) >= 11 is 0. The fourth-order valence-electron chi connectivity index (χ4n) is 3.40. The number of nitrogen functional groups attached to an aromatic ring is 1. The lowest BCUT2D eigenvalue weighted by Crippen LogP contribution is -2.32. The van der Waals surface area contributed by atoms with Gasteiger partial charge in [-0.2, -0.15) is 0 Å². The van der Waals surface area contributed by atoms with E-state index in [0.717, 1.165) is 12.8 Å². The number of carbonyl (C=O) groups is 2. The minimum Gasteiger partial charge on any atom is -0.398 e. The van der Waals surface area contributed by atoms with Crippen LogP contribution in [0, 0.1) is 23.6 Å². The van der Waals surface area contributed by atoms with Crippen LogP contribution < -0.4 is 5.73 Å². The fourth-order valence-corrected chi connectivity index (χ4v) is 3.40. The SMILES string of the molecule is CC1CC2C(=O)N(Cc3c(N)cccc3F)C(=O)C2C1. The molecule has 0 bridgehead atoms. The first-order chi connectivity index (χ1) is 9.49. The van der Waals surface area contributed by atoms with E-state index in [1.54, 1.807) is 6.07 Å². The zero-order valence-corrected chi connectivity index (χ0v) is 11.3. The third kappa shape index (κ3) is 1.88. The lowest BCUT2D eigenvalue weighted by molar-refractivity contribution is -0.141. The van der Waals surface area contributed by atoms with Gasteiger partial charge < -0.3 is 5.73 Å². The van der Waals surface area contributed by atoms with Crippen LogP contribution in [0.2, 0.25) is 0 Å². The summed E-state index contributed by atoms with van der Waals surface area (Å²) in [5.41, 5.74) is 6.24. The van der Waals surface area contributed by atoms with E-state index in [2.05, 4.69) is 6.92 Å². The van der Waals surface area contributed by atoms with Gasteiger partial charge in [-0.15, -0.1) is 0 Å². The van der Waals surface area contributed by atoms with E-state index in [9.17, 15) is 14.0 Å². The van der Waals surface area contributed by atoms with Crippen molar-refractivity contribution in [3.63, 3.8) is 0 Å². The number of carbonyl (C=O) groups excluding carboxylic acids is 2. The Kier molecular flexibility index (Phi) is 3.00. The van der Waals surface area contributed by atoms with Gasteiger partial charge in [-0.1, -0.05) is 13.0 Å². The average Bonchev–Trinajstić information content (AvgIpc) is 2.87. The van der Waals surface area contributed by atoms with E-state index in [1.165, 1.54) is 17.0 Å². The number of benzene rings is 1. The van der Waals surface area contributed by atoms with Gasteiger partial charge in [-0.05, 0) is 30.9 Å². The highest BCUT2D eigenvalue weighted by Crippen LogP contribution is 2.43. The number of hydrogen-bond donors (Lipinski definition) is 1. The lowest BCUT2D eigenvalue weighted by Gasteiger charge is -2.18. The first-order valence-electron chi connectivity index (χ1n) is 6.87. The zero-order chi connectivity index (χ0) is 14.4. The predicted octanol–water partition coefficient (Wildman–Crippen LogP) is 1.94. The van der Waals surface area contributed by atoms with Crippen LogP contribution >= 0.6 is 0 Å². The van der Waals surface area contributed by atoms with Crippen molar-refractivity contribution in [2.45, 2.75) is 26.3 Å². The Morgan fingerprint density at radius 2 is 1.85 bits per heavy atom. The van der Waals surface area contributed by atoms with Crippen molar-refractivity contribution in [2.24, 2.45) is 17.8 Å². The zero-order valence-electron chi connectivity index (χ0n) is 11.3. The summed E-state index contributed by atoms with van der Waals surface area (Å²) in [7, 11) is 0. The molecule has 0 spiro atoms. The third-order valence-corrected chi connectivity index (χ3v) is 4.44. The molecule has 5 heteroatoms. The third-order valence-electron chi connectivity index (χ3n) is 4.44. The molecule has 0 radical (unpaired) electrons. The summed E-state index contributed by atoms with van der Waals surface area (Å²) in [4.78, 5) is 25.8. The van der Waals surface area contributed by atoms with Gasteiger partial charge in [0.05, 0.1) is 18.4 Å².